The van der Waals surface area contributed by atoms with Gasteiger partial charge in [0.05, 0.1) is 0 Å². The van der Waals surface area contributed by atoms with Gasteiger partial charge in [0.15, 0.2) is 0 Å². The van der Waals surface area contributed by atoms with Crippen molar-refractivity contribution in [1.82, 2.24) is 0 Å². The van der Waals surface area contributed by atoms with Gasteiger partial charge in [-0.1, -0.05) is 39.0 Å². The summed E-state index contributed by atoms with van der Waals surface area (Å²) in [7, 11) is 0. The Morgan fingerprint density at radius 2 is 1.23 bits per heavy atom. The summed E-state index contributed by atoms with van der Waals surface area (Å²) in [5.74, 6) is 0.278. The van der Waals surface area contributed by atoms with Gasteiger partial charge >= 0.3 is 124 Å². The second kappa shape index (κ2) is 14.3. The van der Waals surface area contributed by atoms with Gasteiger partial charge < -0.3 is 0 Å². The molecule has 0 bridgehead atoms. The summed E-state index contributed by atoms with van der Waals surface area (Å²) < 4.78 is 35.6. The first-order valence-corrected chi connectivity index (χ1v) is 13.6. The molecule has 0 aliphatic carbocycles. The van der Waals surface area contributed by atoms with Gasteiger partial charge in [-0.05, 0) is 0 Å². The quantitative estimate of drug-likeness (QED) is 0.236. The molecular weight excluding hydrogens is 412 g/mol. The van der Waals surface area contributed by atoms with Crippen LogP contribution in [0.15, 0.2) is 24.3 Å². The molecule has 1 N–H and O–H groups in total. The van der Waals surface area contributed by atoms with E-state index in [2.05, 4.69) is 6.92 Å². The first-order valence-electron chi connectivity index (χ1n) is 10.3. The van der Waals surface area contributed by atoms with Crippen LogP contribution in [0.3, 0.4) is 0 Å². The van der Waals surface area contributed by atoms with E-state index >= 15 is 0 Å². The van der Waals surface area contributed by atoms with E-state index < -0.39 is 16.7 Å². The van der Waals surface area contributed by atoms with Crippen molar-refractivity contribution in [2.45, 2.75) is 96.8 Å². The van der Waals surface area contributed by atoms with Crippen LogP contribution in [-0.2, 0) is 30.0 Å². The van der Waals surface area contributed by atoms with E-state index in [9.17, 15) is 6.80 Å². The zero-order valence-electron chi connectivity index (χ0n) is 16.3. The van der Waals surface area contributed by atoms with E-state index in [0.717, 1.165) is 24.8 Å². The maximum atomic E-state index is 11.0. The molecule has 0 saturated heterocycles. The number of benzene rings is 1. The van der Waals surface area contributed by atoms with Gasteiger partial charge in [-0.3, -0.25) is 0 Å². The molecule has 0 aliphatic heterocycles. The SMILES string of the molecule is CCCCCCCCCCCCCCCc1ccccc1[O][Mo](=[O])(=[O])[OH]. The van der Waals surface area contributed by atoms with Crippen LogP contribution in [0.1, 0.15) is 96.0 Å². The number of aryl methyl sites for hydroxylation is 1. The van der Waals surface area contributed by atoms with Crippen LogP contribution in [0.5, 0.6) is 5.75 Å². The first kappa shape index (κ1) is 23.3. The van der Waals surface area contributed by atoms with Crippen LogP contribution in [0.2, 0.25) is 0 Å². The average Bonchev–Trinajstić information content (AvgIpc) is 2.59. The minimum absolute atomic E-state index is 0.278. The Hall–Kier alpha value is -0.732. The summed E-state index contributed by atoms with van der Waals surface area (Å²) in [6.45, 7) is 2.26. The van der Waals surface area contributed by atoms with Gasteiger partial charge in [-0.2, -0.15) is 0 Å². The molecule has 0 spiro atoms. The van der Waals surface area contributed by atoms with Crippen molar-refractivity contribution < 1.29 is 30.7 Å². The third-order valence-electron chi connectivity index (χ3n) is 4.72. The Kier molecular flexibility index (Phi) is 12.9. The van der Waals surface area contributed by atoms with E-state index in [-0.39, 0.29) is 5.75 Å². The topological polar surface area (TPSA) is 63.6 Å². The van der Waals surface area contributed by atoms with Crippen molar-refractivity contribution >= 4 is 0 Å². The molecule has 0 fully saturated rings. The molecule has 0 atom stereocenters. The predicted octanol–water partition coefficient (Wildman–Crippen LogP) is 6.37. The van der Waals surface area contributed by atoms with E-state index in [1.807, 2.05) is 12.1 Å². The normalized spacial score (nSPS) is 11.6. The summed E-state index contributed by atoms with van der Waals surface area (Å²) in [4.78, 5) is 0. The molecule has 0 aromatic heterocycles. The van der Waals surface area contributed by atoms with E-state index in [1.165, 1.54) is 70.6 Å². The third-order valence-corrected chi connectivity index (χ3v) is 5.68. The standard InChI is InChI=1S/C21H36O.Mo.H2O.2O/c1-2-3-4-5-6-7-8-9-10-11-12-13-14-17-20-18-15-16-19-21(20)22;;;;/h15-16,18-19,22H,2-14,17H2,1H3;;1H2;;/q;+2;;;/p-2. The van der Waals surface area contributed by atoms with Gasteiger partial charge in [0.25, 0.3) is 0 Å². The molecule has 1 aromatic carbocycles. The fourth-order valence-electron chi connectivity index (χ4n) is 3.24. The molecule has 4 nitrogen and oxygen atoms in total. The number of hydrogen-bond donors (Lipinski definition) is 1. The molecule has 26 heavy (non-hydrogen) atoms. The third kappa shape index (κ3) is 12.6. The predicted molar refractivity (Wildman–Crippen MR) is 100 cm³/mol. The van der Waals surface area contributed by atoms with Crippen molar-refractivity contribution in [2.75, 3.05) is 0 Å². The summed E-state index contributed by atoms with van der Waals surface area (Å²) >= 11 is -5.53. The molecular formula is C21H36MoO4. The van der Waals surface area contributed by atoms with Crippen LogP contribution in [-0.4, -0.2) is 3.76 Å². The minimum atomic E-state index is -5.53. The number of rotatable bonds is 16. The van der Waals surface area contributed by atoms with Gasteiger partial charge in [0.1, 0.15) is 0 Å². The molecule has 1 aromatic rings. The van der Waals surface area contributed by atoms with Crippen LogP contribution in [0.4, 0.5) is 0 Å². The molecule has 150 valence electrons. The van der Waals surface area contributed by atoms with Gasteiger partial charge in [-0.15, -0.1) is 0 Å². The van der Waals surface area contributed by atoms with Crippen LogP contribution in [0, 0.1) is 0 Å². The second-order valence-electron chi connectivity index (χ2n) is 7.11. The van der Waals surface area contributed by atoms with E-state index in [1.54, 1.807) is 12.1 Å². The zero-order valence-corrected chi connectivity index (χ0v) is 18.3. The Labute approximate surface area is 163 Å². The van der Waals surface area contributed by atoms with E-state index in [4.69, 9.17) is 7.15 Å². The molecule has 0 saturated carbocycles. The second-order valence-corrected chi connectivity index (χ2v) is 9.62. The van der Waals surface area contributed by atoms with Crippen LogP contribution < -0.4 is 3.39 Å². The fraction of sp³-hybridized carbons (Fsp3) is 0.714. The van der Waals surface area contributed by atoms with Crippen molar-refractivity contribution in [3.8, 4) is 5.75 Å². The Balaban J connectivity index is 2.03. The van der Waals surface area contributed by atoms with Gasteiger partial charge in [0.2, 0.25) is 0 Å². The molecule has 0 radical (unpaired) electrons. The molecule has 5 heteroatoms. The van der Waals surface area contributed by atoms with Gasteiger partial charge in [-0.25, -0.2) is 0 Å². The summed E-state index contributed by atoms with van der Waals surface area (Å²) in [6, 6.07) is 7.05. The molecule has 0 amide bonds. The number of unbranched alkanes of at least 4 members (excludes halogenated alkanes) is 12. The monoisotopic (exact) mass is 450 g/mol. The molecule has 0 unspecified atom stereocenters. The molecule has 0 aliphatic rings. The number of hydrogen-bond acceptors (Lipinski definition) is 3. The number of para-hydroxylation sites is 1. The van der Waals surface area contributed by atoms with E-state index in [0.29, 0.717) is 0 Å². The van der Waals surface area contributed by atoms with Gasteiger partial charge in [0, 0.05) is 0 Å². The molecule has 0 heterocycles. The van der Waals surface area contributed by atoms with Crippen molar-refractivity contribution in [3.05, 3.63) is 29.8 Å². The Bertz CT molecular complexity index is 569. The van der Waals surface area contributed by atoms with Crippen LogP contribution in [0.25, 0.3) is 0 Å². The Morgan fingerprint density at radius 3 is 1.73 bits per heavy atom. The van der Waals surface area contributed by atoms with Crippen molar-refractivity contribution in [2.24, 2.45) is 0 Å². The van der Waals surface area contributed by atoms with Crippen molar-refractivity contribution in [1.29, 1.82) is 0 Å². The zero-order chi connectivity index (χ0) is 19.1. The fourth-order valence-corrected chi connectivity index (χ4v) is 4.20. The average molecular weight is 448 g/mol. The maximum absolute atomic E-state index is 11.0. The summed E-state index contributed by atoms with van der Waals surface area (Å²) in [6.07, 6.45) is 17.8. The Morgan fingerprint density at radius 1 is 0.769 bits per heavy atom. The van der Waals surface area contributed by atoms with Crippen molar-refractivity contribution in [3.63, 3.8) is 0 Å². The first-order chi connectivity index (χ1) is 12.5. The molecule has 1 rings (SSSR count). The summed E-state index contributed by atoms with van der Waals surface area (Å²) in [5.41, 5.74) is 0.854. The van der Waals surface area contributed by atoms with Crippen LogP contribution >= 0.6 is 0 Å². The summed E-state index contributed by atoms with van der Waals surface area (Å²) in [5, 5.41) is 0.